The van der Waals surface area contributed by atoms with Crippen LogP contribution in [0.5, 0.6) is 0 Å². The number of benzene rings is 1. The molecule has 0 unspecified atom stereocenters. The number of hydrogen-bond acceptors (Lipinski definition) is 5. The molecule has 0 aliphatic carbocycles. The van der Waals surface area contributed by atoms with Crippen molar-refractivity contribution in [1.29, 1.82) is 0 Å². The van der Waals surface area contributed by atoms with Crippen LogP contribution in [-0.4, -0.2) is 24.5 Å². The third kappa shape index (κ3) is 2.31. The van der Waals surface area contributed by atoms with Crippen LogP contribution in [0.15, 0.2) is 29.4 Å². The van der Waals surface area contributed by atoms with Crippen LogP contribution in [0.25, 0.3) is 0 Å². The van der Waals surface area contributed by atoms with E-state index in [1.54, 1.807) is 12.1 Å². The van der Waals surface area contributed by atoms with Crippen molar-refractivity contribution in [2.45, 2.75) is 24.8 Å². The van der Waals surface area contributed by atoms with Gasteiger partial charge >= 0.3 is 0 Å². The molecule has 19 heavy (non-hydrogen) atoms. The second kappa shape index (κ2) is 4.62. The molecule has 6 nitrogen and oxygen atoms in total. The number of carbonyl (C=O) groups is 1. The van der Waals surface area contributed by atoms with Crippen LogP contribution in [0.1, 0.15) is 19.3 Å². The highest BCUT2D eigenvalue weighted by Gasteiger charge is 2.40. The highest BCUT2D eigenvalue weighted by atomic mass is 16.3. The van der Waals surface area contributed by atoms with Gasteiger partial charge in [0.05, 0.1) is 0 Å². The molecule has 2 fully saturated rings. The quantitative estimate of drug-likeness (QED) is 0.789. The molecule has 2 aliphatic rings. The van der Waals surface area contributed by atoms with Crippen molar-refractivity contribution in [1.82, 2.24) is 10.9 Å². The predicted molar refractivity (Wildman–Crippen MR) is 72.0 cm³/mol. The van der Waals surface area contributed by atoms with Gasteiger partial charge in [-0.1, -0.05) is 0 Å². The van der Waals surface area contributed by atoms with E-state index in [4.69, 9.17) is 0 Å². The second-order valence-corrected chi connectivity index (χ2v) is 5.23. The molecule has 1 aromatic rings. The number of nitrogens with zero attached hydrogens (tertiary/aromatic N) is 2. The van der Waals surface area contributed by atoms with Gasteiger partial charge in [-0.15, -0.1) is 4.91 Å². The Kier molecular flexibility index (Phi) is 2.94. The van der Waals surface area contributed by atoms with Crippen molar-refractivity contribution in [2.24, 2.45) is 5.18 Å². The van der Waals surface area contributed by atoms with Gasteiger partial charge in [0.25, 0.3) is 0 Å². The zero-order chi connectivity index (χ0) is 13.3. The highest BCUT2D eigenvalue weighted by molar-refractivity contribution is 5.79. The van der Waals surface area contributed by atoms with Crippen molar-refractivity contribution in [3.63, 3.8) is 0 Å². The fourth-order valence-electron chi connectivity index (χ4n) is 2.82. The molecular formula is C13H16N4O2. The zero-order valence-electron chi connectivity index (χ0n) is 10.6. The van der Waals surface area contributed by atoms with E-state index in [1.807, 2.05) is 12.1 Å². The van der Waals surface area contributed by atoms with E-state index in [0.29, 0.717) is 12.1 Å². The molecule has 1 amide bonds. The fraction of sp³-hybridized carbons (Fsp3) is 0.462. The predicted octanol–water partition coefficient (Wildman–Crippen LogP) is 1.45. The summed E-state index contributed by atoms with van der Waals surface area (Å²) < 4.78 is 0. The lowest BCUT2D eigenvalue weighted by atomic mass is 9.86. The first-order valence-electron chi connectivity index (χ1n) is 6.45. The standard InChI is InChI=1S/C13H16N4O2/c18-12-9-13(16-14-12)5-7-17(8-6-13)11-3-1-10(15-19)2-4-11/h1-4,16H,5-9H2,(H,14,18). The Morgan fingerprint density at radius 3 is 2.37 bits per heavy atom. The van der Waals surface area contributed by atoms with Gasteiger partial charge in [0, 0.05) is 30.7 Å². The molecule has 2 saturated heterocycles. The largest absolute Gasteiger partial charge is 0.371 e. The summed E-state index contributed by atoms with van der Waals surface area (Å²) in [5.41, 5.74) is 7.30. The average Bonchev–Trinajstić information content (AvgIpc) is 2.81. The Balaban J connectivity index is 1.66. The molecule has 2 heterocycles. The molecule has 1 aromatic carbocycles. The maximum atomic E-state index is 11.3. The zero-order valence-corrected chi connectivity index (χ0v) is 10.6. The molecule has 0 aromatic heterocycles. The summed E-state index contributed by atoms with van der Waals surface area (Å²) in [6.07, 6.45) is 2.42. The molecule has 0 saturated carbocycles. The first kappa shape index (κ1) is 12.1. The molecular weight excluding hydrogens is 244 g/mol. The molecule has 0 bridgehead atoms. The van der Waals surface area contributed by atoms with Gasteiger partial charge in [0.15, 0.2) is 0 Å². The Morgan fingerprint density at radius 1 is 1.16 bits per heavy atom. The van der Waals surface area contributed by atoms with Gasteiger partial charge in [-0.2, -0.15) is 0 Å². The molecule has 2 N–H and O–H groups in total. The number of piperidine rings is 1. The van der Waals surface area contributed by atoms with E-state index in [2.05, 4.69) is 20.9 Å². The number of hydrazine groups is 1. The van der Waals surface area contributed by atoms with E-state index >= 15 is 0 Å². The van der Waals surface area contributed by atoms with Crippen LogP contribution in [0.3, 0.4) is 0 Å². The summed E-state index contributed by atoms with van der Waals surface area (Å²) >= 11 is 0. The number of nitroso groups, excluding NO2 is 1. The number of nitrogens with one attached hydrogen (secondary N) is 2. The summed E-state index contributed by atoms with van der Waals surface area (Å²) in [7, 11) is 0. The Bertz CT molecular complexity index is 492. The SMILES string of the molecule is O=Nc1ccc(N2CCC3(CC2)CC(=O)NN3)cc1. The van der Waals surface area contributed by atoms with Crippen LogP contribution >= 0.6 is 0 Å². The van der Waals surface area contributed by atoms with Gasteiger partial charge in [0.2, 0.25) is 5.91 Å². The summed E-state index contributed by atoms with van der Waals surface area (Å²) in [5, 5.41) is 2.90. The number of hydrogen-bond donors (Lipinski definition) is 2. The number of rotatable bonds is 2. The Labute approximate surface area is 111 Å². The van der Waals surface area contributed by atoms with Crippen LogP contribution in [0.2, 0.25) is 0 Å². The topological polar surface area (TPSA) is 73.8 Å². The third-order valence-electron chi connectivity index (χ3n) is 4.01. The molecule has 2 aliphatic heterocycles. The van der Waals surface area contributed by atoms with Gasteiger partial charge in [-0.05, 0) is 42.3 Å². The van der Waals surface area contributed by atoms with Crippen LogP contribution in [0.4, 0.5) is 11.4 Å². The van der Waals surface area contributed by atoms with Crippen molar-refractivity contribution in [3.8, 4) is 0 Å². The highest BCUT2D eigenvalue weighted by Crippen LogP contribution is 2.31. The maximum Gasteiger partial charge on any atom is 0.236 e. The van der Waals surface area contributed by atoms with Crippen molar-refractivity contribution >= 4 is 17.3 Å². The summed E-state index contributed by atoms with van der Waals surface area (Å²) in [6, 6.07) is 7.29. The average molecular weight is 260 g/mol. The lowest BCUT2D eigenvalue weighted by Crippen LogP contribution is -2.52. The van der Waals surface area contributed by atoms with E-state index in [9.17, 15) is 9.70 Å². The smallest absolute Gasteiger partial charge is 0.236 e. The van der Waals surface area contributed by atoms with Gasteiger partial charge < -0.3 is 4.90 Å². The summed E-state index contributed by atoms with van der Waals surface area (Å²) in [4.78, 5) is 24.0. The molecule has 3 rings (SSSR count). The fourth-order valence-corrected chi connectivity index (χ4v) is 2.82. The first-order valence-corrected chi connectivity index (χ1v) is 6.45. The van der Waals surface area contributed by atoms with E-state index in [-0.39, 0.29) is 11.4 Å². The maximum absolute atomic E-state index is 11.3. The van der Waals surface area contributed by atoms with Crippen molar-refractivity contribution in [3.05, 3.63) is 29.2 Å². The molecule has 1 spiro atoms. The monoisotopic (exact) mass is 260 g/mol. The Hall–Kier alpha value is -1.95. The van der Waals surface area contributed by atoms with Crippen molar-refractivity contribution < 1.29 is 4.79 Å². The lowest BCUT2D eigenvalue weighted by molar-refractivity contribution is -0.119. The second-order valence-electron chi connectivity index (χ2n) is 5.23. The molecule has 6 heteroatoms. The summed E-state index contributed by atoms with van der Waals surface area (Å²) in [5.74, 6) is 0.0786. The van der Waals surface area contributed by atoms with Crippen LogP contribution in [0, 0.1) is 4.91 Å². The number of carbonyl (C=O) groups excluding carboxylic acids is 1. The number of anilines is 1. The minimum atomic E-state index is -0.0716. The van der Waals surface area contributed by atoms with Gasteiger partial charge in [0.1, 0.15) is 5.69 Å². The molecule has 100 valence electrons. The van der Waals surface area contributed by atoms with E-state index in [0.717, 1.165) is 31.6 Å². The summed E-state index contributed by atoms with van der Waals surface area (Å²) in [6.45, 7) is 1.80. The normalized spacial score (nSPS) is 21.5. The van der Waals surface area contributed by atoms with Gasteiger partial charge in [-0.25, -0.2) is 5.43 Å². The Morgan fingerprint density at radius 2 is 1.84 bits per heavy atom. The minimum absolute atomic E-state index is 0.0716. The third-order valence-corrected chi connectivity index (χ3v) is 4.01. The van der Waals surface area contributed by atoms with Crippen LogP contribution < -0.4 is 15.8 Å². The molecule has 0 atom stereocenters. The molecule has 0 radical (unpaired) electrons. The lowest BCUT2D eigenvalue weighted by Gasteiger charge is -2.39. The van der Waals surface area contributed by atoms with Crippen molar-refractivity contribution in [2.75, 3.05) is 18.0 Å². The van der Waals surface area contributed by atoms with E-state index in [1.165, 1.54) is 0 Å². The number of amides is 1. The van der Waals surface area contributed by atoms with Gasteiger partial charge in [-0.3, -0.25) is 10.2 Å². The van der Waals surface area contributed by atoms with Crippen LogP contribution in [-0.2, 0) is 4.79 Å². The first-order chi connectivity index (χ1) is 9.21. The minimum Gasteiger partial charge on any atom is -0.371 e. The van der Waals surface area contributed by atoms with E-state index < -0.39 is 0 Å².